The average Bonchev–Trinajstić information content (AvgIpc) is 3.19. The molecule has 8 heteroatoms. The third-order valence-electron chi connectivity index (χ3n) is 5.56. The van der Waals surface area contributed by atoms with Gasteiger partial charge in [0.15, 0.2) is 5.58 Å². The fraction of sp³-hybridized carbons (Fsp3) is 0.348. The minimum atomic E-state index is -0.0278. The number of aryl methyl sites for hydroxylation is 1. The van der Waals surface area contributed by atoms with Crippen LogP contribution >= 0.6 is 11.8 Å². The lowest BCUT2D eigenvalue weighted by Crippen LogP contribution is -2.50. The fourth-order valence-corrected chi connectivity index (χ4v) is 4.30. The molecule has 0 spiro atoms. The minimum Gasteiger partial charge on any atom is -0.431 e. The van der Waals surface area contributed by atoms with Gasteiger partial charge in [-0.3, -0.25) is 14.5 Å². The predicted octanol–water partition coefficient (Wildman–Crippen LogP) is 3.32. The van der Waals surface area contributed by atoms with Gasteiger partial charge in [-0.25, -0.2) is 4.98 Å². The Hall–Kier alpha value is -2.84. The van der Waals surface area contributed by atoms with E-state index in [-0.39, 0.29) is 11.8 Å². The second kappa shape index (κ2) is 9.53. The lowest BCUT2D eigenvalue weighted by molar-refractivity contribution is -0.130. The highest BCUT2D eigenvalue weighted by atomic mass is 32.2. The number of carbonyl (C=O) groups is 2. The van der Waals surface area contributed by atoms with Crippen molar-refractivity contribution >= 4 is 40.4 Å². The Kier molecular flexibility index (Phi) is 6.58. The Morgan fingerprint density at radius 3 is 2.61 bits per heavy atom. The molecule has 1 N–H and O–H groups in total. The van der Waals surface area contributed by atoms with Crippen LogP contribution in [0.3, 0.4) is 0 Å². The Morgan fingerprint density at radius 1 is 1.06 bits per heavy atom. The van der Waals surface area contributed by atoms with Crippen LogP contribution in [-0.4, -0.2) is 65.1 Å². The number of fused-ring (bicyclic) bond motifs is 1. The van der Waals surface area contributed by atoms with Crippen LogP contribution in [0.4, 0.5) is 5.69 Å². The first-order valence-electron chi connectivity index (χ1n) is 10.3. The number of amides is 2. The van der Waals surface area contributed by atoms with Crippen molar-refractivity contribution in [3.63, 3.8) is 0 Å². The van der Waals surface area contributed by atoms with Gasteiger partial charge in [-0.05, 0) is 43.2 Å². The summed E-state index contributed by atoms with van der Waals surface area (Å²) in [6.07, 6.45) is 0. The molecule has 7 nitrogen and oxygen atoms in total. The lowest BCUT2D eigenvalue weighted by Gasteiger charge is -2.34. The standard InChI is InChI=1S/C23H26N4O3S/c1-16-6-5-8-18(17(16)2)24-21(28)14-26-10-12-27(13-11-26)22(29)15-31-23-25-19-7-3-4-9-20(19)30-23/h3-9H,10-15H2,1-2H3,(H,24,28). The predicted molar refractivity (Wildman–Crippen MR) is 122 cm³/mol. The zero-order valence-electron chi connectivity index (χ0n) is 17.8. The van der Waals surface area contributed by atoms with E-state index in [0.29, 0.717) is 43.7 Å². The number of rotatable bonds is 6. The van der Waals surface area contributed by atoms with Crippen LogP contribution in [0.25, 0.3) is 11.1 Å². The Morgan fingerprint density at radius 2 is 1.84 bits per heavy atom. The zero-order valence-corrected chi connectivity index (χ0v) is 18.6. The van der Waals surface area contributed by atoms with Crippen molar-refractivity contribution in [1.29, 1.82) is 0 Å². The van der Waals surface area contributed by atoms with Crippen LogP contribution in [0.1, 0.15) is 11.1 Å². The molecule has 162 valence electrons. The van der Waals surface area contributed by atoms with E-state index >= 15 is 0 Å². The van der Waals surface area contributed by atoms with Crippen molar-refractivity contribution in [3.05, 3.63) is 53.6 Å². The van der Waals surface area contributed by atoms with Crippen LogP contribution in [0.2, 0.25) is 0 Å². The topological polar surface area (TPSA) is 78.7 Å². The largest absolute Gasteiger partial charge is 0.431 e. The van der Waals surface area contributed by atoms with E-state index in [1.54, 1.807) is 0 Å². The van der Waals surface area contributed by atoms with E-state index in [4.69, 9.17) is 4.42 Å². The van der Waals surface area contributed by atoms with Crippen molar-refractivity contribution in [1.82, 2.24) is 14.8 Å². The molecule has 1 aromatic heterocycles. The van der Waals surface area contributed by atoms with E-state index in [2.05, 4.69) is 15.2 Å². The number of nitrogens with one attached hydrogen (secondary N) is 1. The Labute approximate surface area is 185 Å². The van der Waals surface area contributed by atoms with Gasteiger partial charge >= 0.3 is 0 Å². The van der Waals surface area contributed by atoms with Gasteiger partial charge < -0.3 is 14.6 Å². The highest BCUT2D eigenvalue weighted by Crippen LogP contribution is 2.23. The molecule has 0 bridgehead atoms. The van der Waals surface area contributed by atoms with E-state index in [0.717, 1.165) is 27.9 Å². The molecule has 2 heterocycles. The van der Waals surface area contributed by atoms with Crippen molar-refractivity contribution in [2.75, 3.05) is 43.8 Å². The quantitative estimate of drug-likeness (QED) is 0.595. The number of para-hydroxylation sites is 2. The van der Waals surface area contributed by atoms with Crippen LogP contribution in [0, 0.1) is 13.8 Å². The van der Waals surface area contributed by atoms with Crippen molar-refractivity contribution in [2.24, 2.45) is 0 Å². The van der Waals surface area contributed by atoms with E-state index < -0.39 is 0 Å². The highest BCUT2D eigenvalue weighted by molar-refractivity contribution is 7.99. The number of thioether (sulfide) groups is 1. The van der Waals surface area contributed by atoms with Crippen LogP contribution in [0.15, 0.2) is 52.1 Å². The number of carbonyl (C=O) groups excluding carboxylic acids is 2. The number of benzene rings is 2. The van der Waals surface area contributed by atoms with Gasteiger partial charge in [0.25, 0.3) is 5.22 Å². The summed E-state index contributed by atoms with van der Waals surface area (Å²) in [5.41, 5.74) is 4.62. The summed E-state index contributed by atoms with van der Waals surface area (Å²) < 4.78 is 5.66. The number of oxazole rings is 1. The van der Waals surface area contributed by atoms with E-state index in [1.807, 2.05) is 61.2 Å². The molecule has 31 heavy (non-hydrogen) atoms. The summed E-state index contributed by atoms with van der Waals surface area (Å²) in [6, 6.07) is 13.5. The second-order valence-corrected chi connectivity index (χ2v) is 8.62. The first kappa shape index (κ1) is 21.4. The van der Waals surface area contributed by atoms with Crippen molar-refractivity contribution < 1.29 is 14.0 Å². The summed E-state index contributed by atoms with van der Waals surface area (Å²) in [7, 11) is 0. The molecular weight excluding hydrogens is 412 g/mol. The second-order valence-electron chi connectivity index (χ2n) is 7.69. The highest BCUT2D eigenvalue weighted by Gasteiger charge is 2.23. The third-order valence-corrected chi connectivity index (χ3v) is 6.38. The molecule has 2 amide bonds. The molecule has 2 aromatic carbocycles. The number of hydrogen-bond donors (Lipinski definition) is 1. The van der Waals surface area contributed by atoms with E-state index in [1.165, 1.54) is 11.8 Å². The SMILES string of the molecule is Cc1cccc(NC(=O)CN2CCN(C(=O)CSc3nc4ccccc4o3)CC2)c1C. The molecule has 1 aliphatic rings. The lowest BCUT2D eigenvalue weighted by atomic mass is 10.1. The summed E-state index contributed by atoms with van der Waals surface area (Å²) in [6.45, 7) is 6.96. The molecule has 0 atom stereocenters. The summed E-state index contributed by atoms with van der Waals surface area (Å²) in [5.74, 6) is 0.326. The molecule has 3 aromatic rings. The zero-order chi connectivity index (χ0) is 21.8. The maximum Gasteiger partial charge on any atom is 0.257 e. The third kappa shape index (κ3) is 5.26. The first-order chi connectivity index (χ1) is 15.0. The normalized spacial score (nSPS) is 14.7. The first-order valence-corrected chi connectivity index (χ1v) is 11.3. The number of nitrogens with zero attached hydrogens (tertiary/aromatic N) is 3. The van der Waals surface area contributed by atoms with Crippen LogP contribution < -0.4 is 5.32 Å². The number of anilines is 1. The van der Waals surface area contributed by atoms with Crippen molar-refractivity contribution in [3.8, 4) is 0 Å². The molecule has 1 fully saturated rings. The monoisotopic (exact) mass is 438 g/mol. The number of piperazine rings is 1. The molecule has 4 rings (SSSR count). The Bertz CT molecular complexity index is 1060. The van der Waals surface area contributed by atoms with Gasteiger partial charge in [-0.2, -0.15) is 0 Å². The van der Waals surface area contributed by atoms with E-state index in [9.17, 15) is 9.59 Å². The van der Waals surface area contributed by atoms with Gasteiger partial charge in [0.1, 0.15) is 5.52 Å². The number of hydrogen-bond acceptors (Lipinski definition) is 6. The maximum absolute atomic E-state index is 12.6. The molecule has 1 aliphatic heterocycles. The smallest absolute Gasteiger partial charge is 0.257 e. The molecule has 0 aliphatic carbocycles. The van der Waals surface area contributed by atoms with Gasteiger partial charge in [-0.1, -0.05) is 36.0 Å². The fourth-order valence-electron chi connectivity index (χ4n) is 3.56. The van der Waals surface area contributed by atoms with Crippen LogP contribution in [-0.2, 0) is 9.59 Å². The molecule has 1 saturated heterocycles. The van der Waals surface area contributed by atoms with Crippen LogP contribution in [0.5, 0.6) is 0 Å². The van der Waals surface area contributed by atoms with Gasteiger partial charge in [-0.15, -0.1) is 0 Å². The number of aromatic nitrogens is 1. The summed E-state index contributed by atoms with van der Waals surface area (Å²) in [5, 5.41) is 3.51. The van der Waals surface area contributed by atoms with Gasteiger partial charge in [0, 0.05) is 31.9 Å². The molecular formula is C23H26N4O3S. The van der Waals surface area contributed by atoms with Crippen molar-refractivity contribution in [2.45, 2.75) is 19.1 Å². The maximum atomic E-state index is 12.6. The summed E-state index contributed by atoms with van der Waals surface area (Å²) >= 11 is 1.32. The van der Waals surface area contributed by atoms with Gasteiger partial charge in [0.2, 0.25) is 11.8 Å². The molecule has 0 unspecified atom stereocenters. The Balaban J connectivity index is 1.22. The van der Waals surface area contributed by atoms with Gasteiger partial charge in [0.05, 0.1) is 12.3 Å². The molecule has 0 saturated carbocycles. The minimum absolute atomic E-state index is 0.0278. The molecule has 0 radical (unpaired) electrons. The summed E-state index contributed by atoms with van der Waals surface area (Å²) in [4.78, 5) is 33.3. The average molecular weight is 439 g/mol.